The van der Waals surface area contributed by atoms with Gasteiger partial charge in [0.2, 0.25) is 0 Å². The maximum absolute atomic E-state index is 12.8. The predicted molar refractivity (Wildman–Crippen MR) is 103 cm³/mol. The number of nitrogens with zero attached hydrogens (tertiary/aromatic N) is 2. The number of aliphatic hydroxyl groups is 1. The summed E-state index contributed by atoms with van der Waals surface area (Å²) in [6, 6.07) is 7.84. The molecule has 3 rings (SSSR count). The number of likely N-dealkylation sites (tertiary alicyclic amines) is 1. The Balaban J connectivity index is 2.15. The molecule has 1 aliphatic rings. The maximum Gasteiger partial charge on any atom is 0.295 e. The van der Waals surface area contributed by atoms with E-state index in [0.29, 0.717) is 16.9 Å². The van der Waals surface area contributed by atoms with Gasteiger partial charge >= 0.3 is 0 Å². The lowest BCUT2D eigenvalue weighted by Gasteiger charge is -2.24. The molecule has 1 amide bonds. The van der Waals surface area contributed by atoms with E-state index in [0.717, 1.165) is 5.56 Å². The highest BCUT2D eigenvalue weighted by atomic mass is 16.5. The number of ketones is 1. The van der Waals surface area contributed by atoms with Gasteiger partial charge in [-0.3, -0.25) is 14.6 Å². The molecule has 7 heteroatoms. The fourth-order valence-electron chi connectivity index (χ4n) is 3.37. The van der Waals surface area contributed by atoms with Gasteiger partial charge in [0.15, 0.2) is 0 Å². The summed E-state index contributed by atoms with van der Waals surface area (Å²) in [5, 5.41) is 11.0. The summed E-state index contributed by atoms with van der Waals surface area (Å²) in [5.41, 5.74) is 2.00. The smallest absolute Gasteiger partial charge is 0.295 e. The number of hydrogen-bond donors (Lipinski definition) is 1. The fraction of sp³-hybridized carbons (Fsp3) is 0.286. The normalized spacial score (nSPS) is 18.5. The summed E-state index contributed by atoms with van der Waals surface area (Å²) in [4.78, 5) is 30.9. The van der Waals surface area contributed by atoms with E-state index in [1.54, 1.807) is 49.8 Å². The van der Waals surface area contributed by atoms with Crippen LogP contribution >= 0.6 is 0 Å². The molecule has 28 heavy (non-hydrogen) atoms. The number of Topliss-reactive ketones (excluding diaryl/α,β-unsaturated/α-hetero) is 1. The lowest BCUT2D eigenvalue weighted by molar-refractivity contribution is -0.140. The number of pyridine rings is 1. The fourth-order valence-corrected chi connectivity index (χ4v) is 3.37. The second-order valence-corrected chi connectivity index (χ2v) is 6.45. The number of hydrogen-bond acceptors (Lipinski definition) is 6. The third kappa shape index (κ3) is 3.48. The second kappa shape index (κ2) is 8.22. The molecular weight excluding hydrogens is 360 g/mol. The second-order valence-electron chi connectivity index (χ2n) is 6.45. The van der Waals surface area contributed by atoms with E-state index in [9.17, 15) is 14.7 Å². The van der Waals surface area contributed by atoms with Crippen LogP contribution in [-0.2, 0) is 14.3 Å². The van der Waals surface area contributed by atoms with Crippen LogP contribution in [-0.4, -0.2) is 54.1 Å². The van der Waals surface area contributed by atoms with Gasteiger partial charge in [-0.25, -0.2) is 0 Å². The molecular formula is C21H22N2O5. The van der Waals surface area contributed by atoms with Crippen LogP contribution in [0.2, 0.25) is 0 Å². The molecule has 0 bridgehead atoms. The molecule has 1 saturated heterocycles. The maximum atomic E-state index is 12.8. The van der Waals surface area contributed by atoms with Gasteiger partial charge in [0.25, 0.3) is 11.7 Å². The number of amides is 1. The summed E-state index contributed by atoms with van der Waals surface area (Å²) in [5.74, 6) is -0.928. The van der Waals surface area contributed by atoms with Crippen LogP contribution in [0.4, 0.5) is 0 Å². The minimum Gasteiger partial charge on any atom is -0.507 e. The van der Waals surface area contributed by atoms with E-state index in [1.165, 1.54) is 12.0 Å². The zero-order chi connectivity index (χ0) is 20.3. The van der Waals surface area contributed by atoms with Gasteiger partial charge in [-0.05, 0) is 48.4 Å². The first-order valence-electron chi connectivity index (χ1n) is 8.81. The molecule has 1 aromatic carbocycles. The standard InChI is InChI=1S/C21H22N2O5/c1-13-12-15(4-5-16(13)28-3)19(24)17-18(14-6-8-22-9-7-14)23(10-11-27-2)21(26)20(17)25/h4-9,12,18,24H,10-11H2,1-3H3. The Kier molecular flexibility index (Phi) is 5.75. The molecule has 2 aromatic rings. The highest BCUT2D eigenvalue weighted by Gasteiger charge is 2.45. The number of carbonyl (C=O) groups excluding carboxylic acids is 2. The topological polar surface area (TPSA) is 89.0 Å². The van der Waals surface area contributed by atoms with E-state index < -0.39 is 17.7 Å². The Morgan fingerprint density at radius 3 is 2.50 bits per heavy atom. The van der Waals surface area contributed by atoms with Gasteiger partial charge in [-0.1, -0.05) is 0 Å². The lowest BCUT2D eigenvalue weighted by atomic mass is 9.95. The first-order chi connectivity index (χ1) is 13.5. The first kappa shape index (κ1) is 19.6. The Morgan fingerprint density at radius 2 is 1.89 bits per heavy atom. The quantitative estimate of drug-likeness (QED) is 0.469. The molecule has 146 valence electrons. The Bertz CT molecular complexity index is 924. The predicted octanol–water partition coefficient (Wildman–Crippen LogP) is 2.47. The number of carbonyl (C=O) groups is 2. The van der Waals surface area contributed by atoms with Crippen LogP contribution in [0.15, 0.2) is 48.3 Å². The number of aromatic nitrogens is 1. The van der Waals surface area contributed by atoms with Crippen molar-refractivity contribution in [1.82, 2.24) is 9.88 Å². The third-order valence-electron chi connectivity index (χ3n) is 4.77. The first-order valence-corrected chi connectivity index (χ1v) is 8.81. The van der Waals surface area contributed by atoms with Crippen LogP contribution in [0.25, 0.3) is 5.76 Å². The number of methoxy groups -OCH3 is 2. The van der Waals surface area contributed by atoms with Crippen molar-refractivity contribution in [1.29, 1.82) is 0 Å². The van der Waals surface area contributed by atoms with Crippen LogP contribution in [0.1, 0.15) is 22.7 Å². The highest BCUT2D eigenvalue weighted by molar-refractivity contribution is 6.46. The number of benzene rings is 1. The van der Waals surface area contributed by atoms with Crippen molar-refractivity contribution in [3.63, 3.8) is 0 Å². The van der Waals surface area contributed by atoms with Crippen molar-refractivity contribution in [3.8, 4) is 5.75 Å². The number of ether oxygens (including phenoxy) is 2. The zero-order valence-corrected chi connectivity index (χ0v) is 16.0. The molecule has 0 spiro atoms. The van der Waals surface area contributed by atoms with E-state index in [4.69, 9.17) is 9.47 Å². The molecule has 1 fully saturated rings. The minimum absolute atomic E-state index is 0.0527. The van der Waals surface area contributed by atoms with E-state index >= 15 is 0 Å². The molecule has 7 nitrogen and oxygen atoms in total. The molecule has 2 heterocycles. The summed E-state index contributed by atoms with van der Waals surface area (Å²) in [7, 11) is 3.09. The molecule has 0 radical (unpaired) electrons. The number of rotatable bonds is 6. The molecule has 1 aromatic heterocycles. The van der Waals surface area contributed by atoms with Gasteiger partial charge in [0.05, 0.1) is 25.3 Å². The van der Waals surface area contributed by atoms with Gasteiger partial charge in [0, 0.05) is 31.6 Å². The van der Waals surface area contributed by atoms with Gasteiger partial charge in [0.1, 0.15) is 11.5 Å². The van der Waals surface area contributed by atoms with Crippen LogP contribution in [0.3, 0.4) is 0 Å². The highest BCUT2D eigenvalue weighted by Crippen LogP contribution is 2.39. The van der Waals surface area contributed by atoms with E-state index in [-0.39, 0.29) is 24.5 Å². The molecule has 0 saturated carbocycles. The zero-order valence-electron chi connectivity index (χ0n) is 16.0. The van der Waals surface area contributed by atoms with Crippen molar-refractivity contribution >= 4 is 17.4 Å². The Morgan fingerprint density at radius 1 is 1.18 bits per heavy atom. The van der Waals surface area contributed by atoms with Crippen LogP contribution in [0, 0.1) is 6.92 Å². The number of aryl methyl sites for hydroxylation is 1. The monoisotopic (exact) mass is 382 g/mol. The average molecular weight is 382 g/mol. The van der Waals surface area contributed by atoms with E-state index in [1.807, 2.05) is 6.92 Å². The summed E-state index contributed by atoms with van der Waals surface area (Å²) >= 11 is 0. The van der Waals surface area contributed by atoms with E-state index in [2.05, 4.69) is 4.98 Å². The largest absolute Gasteiger partial charge is 0.507 e. The summed E-state index contributed by atoms with van der Waals surface area (Å²) in [6.07, 6.45) is 3.17. The summed E-state index contributed by atoms with van der Waals surface area (Å²) < 4.78 is 10.3. The van der Waals surface area contributed by atoms with Crippen molar-refractivity contribution < 1.29 is 24.2 Å². The Hall–Kier alpha value is -3.19. The summed E-state index contributed by atoms with van der Waals surface area (Å²) in [6.45, 7) is 2.34. The average Bonchev–Trinajstić information content (AvgIpc) is 2.97. The molecule has 1 aliphatic heterocycles. The Labute approximate surface area is 163 Å². The van der Waals surface area contributed by atoms with Crippen molar-refractivity contribution in [3.05, 3.63) is 65.0 Å². The molecule has 1 unspecified atom stereocenters. The van der Waals surface area contributed by atoms with Gasteiger partial charge < -0.3 is 19.5 Å². The molecule has 0 aliphatic carbocycles. The number of aliphatic hydroxyl groups excluding tert-OH is 1. The molecule has 1 N–H and O–H groups in total. The van der Waals surface area contributed by atoms with Gasteiger partial charge in [-0.15, -0.1) is 0 Å². The van der Waals surface area contributed by atoms with Crippen molar-refractivity contribution in [2.75, 3.05) is 27.4 Å². The van der Waals surface area contributed by atoms with Crippen LogP contribution in [0.5, 0.6) is 5.75 Å². The third-order valence-corrected chi connectivity index (χ3v) is 4.77. The lowest BCUT2D eigenvalue weighted by Crippen LogP contribution is -2.32. The SMILES string of the molecule is COCCN1C(=O)C(=O)C(=C(O)c2ccc(OC)c(C)c2)C1c1ccncc1. The minimum atomic E-state index is -0.719. The van der Waals surface area contributed by atoms with Gasteiger partial charge in [-0.2, -0.15) is 0 Å². The van der Waals surface area contributed by atoms with Crippen LogP contribution < -0.4 is 4.74 Å². The molecule has 1 atom stereocenters. The van der Waals surface area contributed by atoms with Crippen molar-refractivity contribution in [2.24, 2.45) is 0 Å². The van der Waals surface area contributed by atoms with Crippen molar-refractivity contribution in [2.45, 2.75) is 13.0 Å².